The second kappa shape index (κ2) is 6.64. The lowest BCUT2D eigenvalue weighted by atomic mass is 10.2. The van der Waals surface area contributed by atoms with Crippen LogP contribution in [0.3, 0.4) is 0 Å². The summed E-state index contributed by atoms with van der Waals surface area (Å²) < 4.78 is 10.3. The third kappa shape index (κ3) is 3.44. The summed E-state index contributed by atoms with van der Waals surface area (Å²) in [7, 11) is 1.59. The van der Waals surface area contributed by atoms with E-state index in [1.807, 2.05) is 12.1 Å². The molecule has 104 valence electrons. The normalized spacial score (nSPS) is 10.2. The van der Waals surface area contributed by atoms with Gasteiger partial charge in [0, 0.05) is 0 Å². The van der Waals surface area contributed by atoms with Gasteiger partial charge in [0.15, 0.2) is 0 Å². The lowest BCUT2D eigenvalue weighted by molar-refractivity contribution is 0.0473. The molecule has 0 aromatic heterocycles. The largest absolute Gasteiger partial charge is 0.497 e. The van der Waals surface area contributed by atoms with Crippen molar-refractivity contribution in [1.82, 2.24) is 0 Å². The minimum Gasteiger partial charge on any atom is -0.497 e. The minimum absolute atomic E-state index is 0.143. The summed E-state index contributed by atoms with van der Waals surface area (Å²) in [6.45, 7) is 0.143. The van der Waals surface area contributed by atoms with Gasteiger partial charge in [-0.15, -0.1) is 0 Å². The Hall–Kier alpha value is -1.71. The maximum Gasteiger partial charge on any atom is 0.341 e. The maximum absolute atomic E-state index is 12.0. The van der Waals surface area contributed by atoms with Crippen LogP contribution in [0.5, 0.6) is 5.75 Å². The first-order valence-corrected chi connectivity index (χ1v) is 6.61. The van der Waals surface area contributed by atoms with Gasteiger partial charge in [-0.25, -0.2) is 4.79 Å². The average molecular weight is 311 g/mol. The van der Waals surface area contributed by atoms with Crippen molar-refractivity contribution in [1.29, 1.82) is 0 Å². The van der Waals surface area contributed by atoms with E-state index in [2.05, 4.69) is 0 Å². The molecule has 20 heavy (non-hydrogen) atoms. The van der Waals surface area contributed by atoms with Gasteiger partial charge in [0.2, 0.25) is 0 Å². The van der Waals surface area contributed by atoms with Crippen molar-refractivity contribution >= 4 is 29.2 Å². The van der Waals surface area contributed by atoms with E-state index in [-0.39, 0.29) is 22.2 Å². The van der Waals surface area contributed by atoms with Gasteiger partial charge in [-0.05, 0) is 29.8 Å². The third-order valence-corrected chi connectivity index (χ3v) is 3.33. The Balaban J connectivity index is 2.05. The Kier molecular flexibility index (Phi) is 4.88. The summed E-state index contributed by atoms with van der Waals surface area (Å²) >= 11 is 11.9. The van der Waals surface area contributed by atoms with Crippen LogP contribution in [-0.2, 0) is 11.3 Å². The summed E-state index contributed by atoms with van der Waals surface area (Å²) in [6.07, 6.45) is 0. The molecule has 0 radical (unpaired) electrons. The van der Waals surface area contributed by atoms with Gasteiger partial charge in [-0.3, -0.25) is 0 Å². The number of rotatable bonds is 4. The summed E-state index contributed by atoms with van der Waals surface area (Å²) in [4.78, 5) is 12.0. The first-order valence-electron chi connectivity index (χ1n) is 5.86. The zero-order chi connectivity index (χ0) is 14.5. The van der Waals surface area contributed by atoms with Crippen LogP contribution >= 0.6 is 23.2 Å². The highest BCUT2D eigenvalue weighted by atomic mass is 35.5. The maximum atomic E-state index is 12.0. The van der Waals surface area contributed by atoms with Gasteiger partial charge >= 0.3 is 5.97 Å². The van der Waals surface area contributed by atoms with Crippen LogP contribution in [0, 0.1) is 0 Å². The van der Waals surface area contributed by atoms with Crippen molar-refractivity contribution in [2.75, 3.05) is 7.11 Å². The molecule has 0 aliphatic rings. The van der Waals surface area contributed by atoms with Crippen molar-refractivity contribution in [2.24, 2.45) is 0 Å². The Bertz CT molecular complexity index is 589. The molecule has 2 aromatic carbocycles. The number of hydrogen-bond donors (Lipinski definition) is 0. The zero-order valence-corrected chi connectivity index (χ0v) is 12.2. The molecule has 0 aliphatic carbocycles. The summed E-state index contributed by atoms with van der Waals surface area (Å²) in [6, 6.07) is 12.1. The Morgan fingerprint density at radius 3 is 2.20 bits per heavy atom. The van der Waals surface area contributed by atoms with Crippen molar-refractivity contribution in [3.8, 4) is 5.75 Å². The SMILES string of the molecule is COc1ccc(COC(=O)c2c(Cl)cccc2Cl)cc1. The Morgan fingerprint density at radius 2 is 1.65 bits per heavy atom. The fraction of sp³-hybridized carbons (Fsp3) is 0.133. The molecule has 2 rings (SSSR count). The predicted molar refractivity (Wildman–Crippen MR) is 78.6 cm³/mol. The molecule has 0 unspecified atom stereocenters. The van der Waals surface area contributed by atoms with Crippen LogP contribution in [0.2, 0.25) is 10.0 Å². The zero-order valence-electron chi connectivity index (χ0n) is 10.7. The number of halogens is 2. The second-order valence-corrected chi connectivity index (χ2v) is 4.84. The molecular formula is C15H12Cl2O3. The monoisotopic (exact) mass is 310 g/mol. The van der Waals surface area contributed by atoms with Crippen LogP contribution < -0.4 is 4.74 Å². The van der Waals surface area contributed by atoms with Crippen molar-refractivity contribution < 1.29 is 14.3 Å². The highest BCUT2D eigenvalue weighted by Crippen LogP contribution is 2.25. The van der Waals surface area contributed by atoms with Crippen LogP contribution in [0.1, 0.15) is 15.9 Å². The van der Waals surface area contributed by atoms with Crippen molar-refractivity contribution in [3.63, 3.8) is 0 Å². The first-order chi connectivity index (χ1) is 9.61. The van der Waals surface area contributed by atoms with E-state index >= 15 is 0 Å². The smallest absolute Gasteiger partial charge is 0.341 e. The van der Waals surface area contributed by atoms with Gasteiger partial charge in [0.25, 0.3) is 0 Å². The molecular weight excluding hydrogens is 299 g/mol. The summed E-state index contributed by atoms with van der Waals surface area (Å²) in [5.41, 5.74) is 1.03. The van der Waals surface area contributed by atoms with Gasteiger partial charge in [0.1, 0.15) is 12.4 Å². The second-order valence-electron chi connectivity index (χ2n) is 4.02. The number of benzene rings is 2. The third-order valence-electron chi connectivity index (χ3n) is 2.70. The lowest BCUT2D eigenvalue weighted by Crippen LogP contribution is -2.06. The summed E-state index contributed by atoms with van der Waals surface area (Å²) in [5, 5.41) is 0.550. The molecule has 0 aliphatic heterocycles. The summed E-state index contributed by atoms with van der Waals surface area (Å²) in [5.74, 6) is 0.200. The van der Waals surface area contributed by atoms with Gasteiger partial charge < -0.3 is 9.47 Å². The van der Waals surface area contributed by atoms with E-state index in [4.69, 9.17) is 32.7 Å². The molecule has 0 spiro atoms. The van der Waals surface area contributed by atoms with E-state index < -0.39 is 5.97 Å². The molecule has 0 fully saturated rings. The van der Waals surface area contributed by atoms with Crippen LogP contribution in [-0.4, -0.2) is 13.1 Å². The van der Waals surface area contributed by atoms with Crippen LogP contribution in [0.15, 0.2) is 42.5 Å². The average Bonchev–Trinajstić information content (AvgIpc) is 2.45. The highest BCUT2D eigenvalue weighted by Gasteiger charge is 2.15. The molecule has 0 saturated heterocycles. The van der Waals surface area contributed by atoms with Crippen LogP contribution in [0.4, 0.5) is 0 Å². The molecule has 2 aromatic rings. The van der Waals surface area contributed by atoms with E-state index in [0.29, 0.717) is 0 Å². The molecule has 0 N–H and O–H groups in total. The fourth-order valence-corrected chi connectivity index (χ4v) is 2.19. The molecule has 0 heterocycles. The number of carbonyl (C=O) groups excluding carboxylic acids is 1. The number of ether oxygens (including phenoxy) is 2. The van der Waals surface area contributed by atoms with Crippen molar-refractivity contribution in [3.05, 3.63) is 63.6 Å². The Morgan fingerprint density at radius 1 is 1.05 bits per heavy atom. The number of hydrogen-bond acceptors (Lipinski definition) is 3. The standard InChI is InChI=1S/C15H12Cl2O3/c1-19-11-7-5-10(6-8-11)9-20-15(18)14-12(16)3-2-4-13(14)17/h2-8H,9H2,1H3. The number of carbonyl (C=O) groups is 1. The quantitative estimate of drug-likeness (QED) is 0.787. The minimum atomic E-state index is -0.545. The van der Waals surface area contributed by atoms with Gasteiger partial charge in [0.05, 0.1) is 22.7 Å². The topological polar surface area (TPSA) is 35.5 Å². The van der Waals surface area contributed by atoms with Gasteiger partial charge in [-0.2, -0.15) is 0 Å². The molecule has 0 bridgehead atoms. The van der Waals surface area contributed by atoms with E-state index in [1.165, 1.54) is 0 Å². The molecule has 0 atom stereocenters. The van der Waals surface area contributed by atoms with Crippen LogP contribution in [0.25, 0.3) is 0 Å². The number of methoxy groups -OCH3 is 1. The molecule has 3 nitrogen and oxygen atoms in total. The number of esters is 1. The lowest BCUT2D eigenvalue weighted by Gasteiger charge is -2.08. The predicted octanol–water partition coefficient (Wildman–Crippen LogP) is 4.36. The first kappa shape index (κ1) is 14.7. The van der Waals surface area contributed by atoms with E-state index in [1.54, 1.807) is 37.4 Å². The van der Waals surface area contributed by atoms with E-state index in [9.17, 15) is 4.79 Å². The molecule has 0 amide bonds. The van der Waals surface area contributed by atoms with Gasteiger partial charge in [-0.1, -0.05) is 41.4 Å². The molecule has 0 saturated carbocycles. The molecule has 5 heteroatoms. The van der Waals surface area contributed by atoms with Crippen molar-refractivity contribution in [2.45, 2.75) is 6.61 Å². The Labute approximate surface area is 127 Å². The van der Waals surface area contributed by atoms with E-state index in [0.717, 1.165) is 11.3 Å². The highest BCUT2D eigenvalue weighted by molar-refractivity contribution is 6.39. The fourth-order valence-electron chi connectivity index (χ4n) is 1.64.